The van der Waals surface area contributed by atoms with E-state index in [2.05, 4.69) is 10.6 Å². The number of amides is 2. The molecule has 2 N–H and O–H groups in total. The second-order valence-electron chi connectivity index (χ2n) is 6.33. The number of thiophene rings is 1. The molecule has 1 saturated heterocycles. The Morgan fingerprint density at radius 2 is 1.96 bits per heavy atom. The number of methoxy groups -OCH3 is 1. The third-order valence-electron chi connectivity index (χ3n) is 4.24. The molecule has 3 rings (SSSR count). The Hall–Kier alpha value is -2.65. The van der Waals surface area contributed by atoms with Crippen LogP contribution < -0.4 is 15.4 Å². The fourth-order valence-electron chi connectivity index (χ4n) is 2.78. The number of sulfone groups is 1. The van der Waals surface area contributed by atoms with Gasteiger partial charge in [0.1, 0.15) is 11.4 Å². The average Bonchev–Trinajstić information content (AvgIpc) is 3.30. The molecule has 1 aromatic heterocycles. The molecule has 1 aliphatic rings. The van der Waals surface area contributed by atoms with Crippen molar-refractivity contribution in [1.82, 2.24) is 10.6 Å². The molecule has 2 heterocycles. The highest BCUT2D eigenvalue weighted by molar-refractivity contribution is 7.91. The maximum atomic E-state index is 12.7. The van der Waals surface area contributed by atoms with Gasteiger partial charge in [-0.05, 0) is 48.2 Å². The van der Waals surface area contributed by atoms with Crippen molar-refractivity contribution < 1.29 is 22.7 Å². The Bertz CT molecular complexity index is 980. The molecule has 1 aromatic carbocycles. The first-order valence-corrected chi connectivity index (χ1v) is 11.3. The molecule has 9 heteroatoms. The summed E-state index contributed by atoms with van der Waals surface area (Å²) in [6.07, 6.45) is 1.94. The van der Waals surface area contributed by atoms with Gasteiger partial charge in [-0.3, -0.25) is 9.59 Å². The maximum absolute atomic E-state index is 12.7. The van der Waals surface area contributed by atoms with E-state index in [1.165, 1.54) is 18.4 Å². The summed E-state index contributed by atoms with van der Waals surface area (Å²) >= 11 is 1.42. The number of rotatable bonds is 6. The first-order valence-electron chi connectivity index (χ1n) is 8.58. The topological polar surface area (TPSA) is 102 Å². The lowest BCUT2D eigenvalue weighted by atomic mass is 10.2. The van der Waals surface area contributed by atoms with Gasteiger partial charge in [-0.15, -0.1) is 11.3 Å². The summed E-state index contributed by atoms with van der Waals surface area (Å²) in [4.78, 5) is 26.1. The van der Waals surface area contributed by atoms with Crippen LogP contribution in [0.3, 0.4) is 0 Å². The SMILES string of the molecule is COc1ccc(C(=O)N/C(=C\c2cccs2)C(=O)N[C@H]2CCS(=O)(=O)C2)cc1. The third-order valence-corrected chi connectivity index (χ3v) is 6.83. The summed E-state index contributed by atoms with van der Waals surface area (Å²) in [5.41, 5.74) is 0.432. The normalized spacial score (nSPS) is 18.5. The van der Waals surface area contributed by atoms with Gasteiger partial charge in [0, 0.05) is 16.5 Å². The lowest BCUT2D eigenvalue weighted by Crippen LogP contribution is -2.41. The van der Waals surface area contributed by atoms with E-state index >= 15 is 0 Å². The van der Waals surface area contributed by atoms with E-state index < -0.39 is 27.7 Å². The summed E-state index contributed by atoms with van der Waals surface area (Å²) < 4.78 is 28.3. The lowest BCUT2D eigenvalue weighted by molar-refractivity contribution is -0.118. The van der Waals surface area contributed by atoms with Crippen molar-refractivity contribution in [2.24, 2.45) is 0 Å². The van der Waals surface area contributed by atoms with E-state index in [-0.39, 0.29) is 17.2 Å². The number of nitrogens with one attached hydrogen (secondary N) is 2. The summed E-state index contributed by atoms with van der Waals surface area (Å²) in [6.45, 7) is 0. The maximum Gasteiger partial charge on any atom is 0.268 e. The standard InChI is InChI=1S/C19H20N2O5S2/c1-26-15-6-4-13(5-7-15)18(22)21-17(11-16-3-2-9-27-16)19(23)20-14-8-10-28(24,25)12-14/h2-7,9,11,14H,8,10,12H2,1H3,(H,20,23)(H,21,22)/b17-11-/t14-/m0/s1. The van der Waals surface area contributed by atoms with Crippen LogP contribution in [0.25, 0.3) is 6.08 Å². The van der Waals surface area contributed by atoms with Crippen LogP contribution in [0, 0.1) is 0 Å². The van der Waals surface area contributed by atoms with E-state index in [0.29, 0.717) is 17.7 Å². The smallest absolute Gasteiger partial charge is 0.268 e. The largest absolute Gasteiger partial charge is 0.497 e. The molecule has 1 aliphatic heterocycles. The molecule has 0 unspecified atom stereocenters. The molecular formula is C19H20N2O5S2. The number of ether oxygens (including phenoxy) is 1. The monoisotopic (exact) mass is 420 g/mol. The van der Waals surface area contributed by atoms with Gasteiger partial charge in [0.15, 0.2) is 9.84 Å². The predicted molar refractivity (Wildman–Crippen MR) is 108 cm³/mol. The molecule has 1 atom stereocenters. The Morgan fingerprint density at radius 1 is 1.21 bits per heavy atom. The first kappa shape index (κ1) is 20.1. The zero-order valence-corrected chi connectivity index (χ0v) is 16.8. The number of hydrogen-bond donors (Lipinski definition) is 2. The molecule has 0 saturated carbocycles. The lowest BCUT2D eigenvalue weighted by Gasteiger charge is -2.14. The number of benzene rings is 1. The van der Waals surface area contributed by atoms with Crippen molar-refractivity contribution in [1.29, 1.82) is 0 Å². The van der Waals surface area contributed by atoms with Crippen LogP contribution in [0.1, 0.15) is 21.7 Å². The van der Waals surface area contributed by atoms with Gasteiger partial charge in [0.25, 0.3) is 11.8 Å². The van der Waals surface area contributed by atoms with E-state index in [1.807, 2.05) is 17.5 Å². The van der Waals surface area contributed by atoms with Gasteiger partial charge in [-0.25, -0.2) is 8.42 Å². The van der Waals surface area contributed by atoms with Gasteiger partial charge >= 0.3 is 0 Å². The van der Waals surface area contributed by atoms with Crippen LogP contribution in [0.2, 0.25) is 0 Å². The fraction of sp³-hybridized carbons (Fsp3) is 0.263. The van der Waals surface area contributed by atoms with Gasteiger partial charge in [0.05, 0.1) is 18.6 Å². The van der Waals surface area contributed by atoms with Crippen LogP contribution in [-0.2, 0) is 14.6 Å². The molecule has 0 radical (unpaired) electrons. The Labute approximate surface area is 167 Å². The summed E-state index contributed by atoms with van der Waals surface area (Å²) in [5, 5.41) is 7.19. The van der Waals surface area contributed by atoms with Crippen molar-refractivity contribution in [2.45, 2.75) is 12.5 Å². The van der Waals surface area contributed by atoms with Crippen molar-refractivity contribution in [3.63, 3.8) is 0 Å². The molecule has 0 bridgehead atoms. The first-order chi connectivity index (χ1) is 13.4. The number of carbonyl (C=O) groups excluding carboxylic acids is 2. The molecule has 2 aromatic rings. The zero-order chi connectivity index (χ0) is 20.1. The second-order valence-corrected chi connectivity index (χ2v) is 9.54. The van der Waals surface area contributed by atoms with Crippen molar-refractivity contribution >= 4 is 39.1 Å². The molecule has 28 heavy (non-hydrogen) atoms. The van der Waals surface area contributed by atoms with Gasteiger partial charge in [0.2, 0.25) is 0 Å². The highest BCUT2D eigenvalue weighted by atomic mass is 32.2. The molecule has 7 nitrogen and oxygen atoms in total. The third kappa shape index (κ3) is 5.20. The summed E-state index contributed by atoms with van der Waals surface area (Å²) in [7, 11) is -1.59. The van der Waals surface area contributed by atoms with Crippen molar-refractivity contribution in [3.05, 3.63) is 57.9 Å². The molecular weight excluding hydrogens is 400 g/mol. The Balaban J connectivity index is 1.77. The fourth-order valence-corrected chi connectivity index (χ4v) is 5.11. The minimum atomic E-state index is -3.12. The molecule has 2 amide bonds. The van der Waals surface area contributed by atoms with E-state index in [1.54, 1.807) is 30.3 Å². The average molecular weight is 421 g/mol. The van der Waals surface area contributed by atoms with Crippen LogP contribution in [-0.4, -0.2) is 44.9 Å². The highest BCUT2D eigenvalue weighted by Gasteiger charge is 2.30. The van der Waals surface area contributed by atoms with Crippen LogP contribution in [0.15, 0.2) is 47.5 Å². The number of carbonyl (C=O) groups is 2. The predicted octanol–water partition coefficient (Wildman–Crippen LogP) is 1.83. The van der Waals surface area contributed by atoms with E-state index in [9.17, 15) is 18.0 Å². The Morgan fingerprint density at radius 3 is 2.54 bits per heavy atom. The van der Waals surface area contributed by atoms with Crippen LogP contribution in [0.4, 0.5) is 0 Å². The van der Waals surface area contributed by atoms with Gasteiger partial charge in [-0.2, -0.15) is 0 Å². The minimum absolute atomic E-state index is 0.0557. The minimum Gasteiger partial charge on any atom is -0.497 e. The molecule has 0 aliphatic carbocycles. The van der Waals surface area contributed by atoms with Gasteiger partial charge in [-0.1, -0.05) is 6.07 Å². The molecule has 148 valence electrons. The quantitative estimate of drug-likeness (QED) is 0.695. The van der Waals surface area contributed by atoms with Crippen molar-refractivity contribution in [3.8, 4) is 5.75 Å². The van der Waals surface area contributed by atoms with Crippen LogP contribution in [0.5, 0.6) is 5.75 Å². The zero-order valence-electron chi connectivity index (χ0n) is 15.2. The van der Waals surface area contributed by atoms with Crippen molar-refractivity contribution in [2.75, 3.05) is 18.6 Å². The summed E-state index contributed by atoms with van der Waals surface area (Å²) in [5.74, 6) is -0.375. The van der Waals surface area contributed by atoms with E-state index in [0.717, 1.165) is 4.88 Å². The molecule has 0 spiro atoms. The Kier molecular flexibility index (Phi) is 6.15. The second kappa shape index (κ2) is 8.57. The van der Waals surface area contributed by atoms with Gasteiger partial charge < -0.3 is 15.4 Å². The van der Waals surface area contributed by atoms with Crippen LogP contribution >= 0.6 is 11.3 Å². The summed E-state index contributed by atoms with van der Waals surface area (Å²) in [6, 6.07) is 9.69. The molecule has 1 fully saturated rings. The highest BCUT2D eigenvalue weighted by Crippen LogP contribution is 2.16. The van der Waals surface area contributed by atoms with E-state index in [4.69, 9.17) is 4.74 Å². The number of hydrogen-bond acceptors (Lipinski definition) is 6.